The number of alkyl halides is 2. The summed E-state index contributed by atoms with van der Waals surface area (Å²) in [4.78, 5) is 14.3. The largest absolute Gasteiger partial charge is 0.391 e. The van der Waals surface area contributed by atoms with Gasteiger partial charge in [-0.05, 0) is 37.7 Å². The number of urea groups is 1. The zero-order valence-electron chi connectivity index (χ0n) is 13.6. The number of hydrogen-bond donors (Lipinski definition) is 2. The SMILES string of the molecule is O=C(NC1CCC(C(F)F)CC1)N1CC(O)CC1c1ccccc1. The molecular weight excluding hydrogens is 314 g/mol. The van der Waals surface area contributed by atoms with E-state index in [4.69, 9.17) is 0 Å². The molecule has 1 aromatic carbocycles. The van der Waals surface area contributed by atoms with Crippen LogP contribution in [-0.2, 0) is 0 Å². The van der Waals surface area contributed by atoms with Crippen molar-refractivity contribution in [1.29, 1.82) is 0 Å². The summed E-state index contributed by atoms with van der Waals surface area (Å²) in [7, 11) is 0. The van der Waals surface area contributed by atoms with Crippen molar-refractivity contribution in [2.75, 3.05) is 6.54 Å². The molecule has 1 heterocycles. The Balaban J connectivity index is 1.60. The highest BCUT2D eigenvalue weighted by Crippen LogP contribution is 2.33. The Labute approximate surface area is 140 Å². The molecule has 1 saturated carbocycles. The first-order chi connectivity index (χ1) is 11.5. The minimum atomic E-state index is -2.27. The van der Waals surface area contributed by atoms with Crippen LogP contribution in [0.15, 0.2) is 30.3 Å². The van der Waals surface area contributed by atoms with Crippen LogP contribution in [0, 0.1) is 5.92 Å². The first-order valence-electron chi connectivity index (χ1n) is 8.63. The van der Waals surface area contributed by atoms with E-state index in [1.807, 2.05) is 30.3 Å². The van der Waals surface area contributed by atoms with Crippen molar-refractivity contribution < 1.29 is 18.7 Å². The van der Waals surface area contributed by atoms with Gasteiger partial charge in [-0.3, -0.25) is 0 Å². The second-order valence-electron chi connectivity index (χ2n) is 6.86. The number of aliphatic hydroxyl groups is 1. The summed E-state index contributed by atoms with van der Waals surface area (Å²) in [6.07, 6.45) is -0.190. The molecule has 24 heavy (non-hydrogen) atoms. The van der Waals surface area contributed by atoms with Crippen LogP contribution in [0.4, 0.5) is 13.6 Å². The summed E-state index contributed by atoms with van der Waals surface area (Å²) in [5.41, 5.74) is 1.01. The van der Waals surface area contributed by atoms with E-state index in [1.165, 1.54) is 0 Å². The van der Waals surface area contributed by atoms with Crippen LogP contribution in [-0.4, -0.2) is 41.2 Å². The topological polar surface area (TPSA) is 52.6 Å². The molecular formula is C18H24F2N2O2. The number of nitrogens with zero attached hydrogens (tertiary/aromatic N) is 1. The van der Waals surface area contributed by atoms with Gasteiger partial charge in [0.25, 0.3) is 0 Å². The van der Waals surface area contributed by atoms with Gasteiger partial charge in [-0.2, -0.15) is 0 Å². The fourth-order valence-corrected chi connectivity index (χ4v) is 3.80. The Morgan fingerprint density at radius 3 is 2.46 bits per heavy atom. The highest BCUT2D eigenvalue weighted by molar-refractivity contribution is 5.75. The molecule has 3 rings (SSSR count). The molecule has 0 bridgehead atoms. The molecule has 2 unspecified atom stereocenters. The van der Waals surface area contributed by atoms with Crippen LogP contribution in [0.1, 0.15) is 43.7 Å². The number of halogens is 2. The van der Waals surface area contributed by atoms with E-state index in [1.54, 1.807) is 4.90 Å². The zero-order chi connectivity index (χ0) is 17.1. The quantitative estimate of drug-likeness (QED) is 0.888. The number of carbonyl (C=O) groups is 1. The van der Waals surface area contributed by atoms with E-state index >= 15 is 0 Å². The maximum absolute atomic E-state index is 12.7. The summed E-state index contributed by atoms with van der Waals surface area (Å²) >= 11 is 0. The van der Waals surface area contributed by atoms with Crippen molar-refractivity contribution >= 4 is 6.03 Å². The molecule has 1 aliphatic carbocycles. The summed E-state index contributed by atoms with van der Waals surface area (Å²) in [6, 6.07) is 9.26. The average Bonchev–Trinajstić information content (AvgIpc) is 2.98. The second-order valence-corrected chi connectivity index (χ2v) is 6.86. The van der Waals surface area contributed by atoms with Gasteiger partial charge in [-0.25, -0.2) is 13.6 Å². The van der Waals surface area contributed by atoms with E-state index in [0.717, 1.165) is 5.56 Å². The van der Waals surface area contributed by atoms with Crippen LogP contribution in [0.3, 0.4) is 0 Å². The molecule has 1 saturated heterocycles. The van der Waals surface area contributed by atoms with Crippen molar-refractivity contribution in [2.24, 2.45) is 5.92 Å². The van der Waals surface area contributed by atoms with Gasteiger partial charge < -0.3 is 15.3 Å². The van der Waals surface area contributed by atoms with Gasteiger partial charge in [0.15, 0.2) is 0 Å². The van der Waals surface area contributed by atoms with Crippen LogP contribution in [0.2, 0.25) is 0 Å². The van der Waals surface area contributed by atoms with Gasteiger partial charge >= 0.3 is 6.03 Å². The lowest BCUT2D eigenvalue weighted by Crippen LogP contribution is -2.46. The molecule has 2 atom stereocenters. The molecule has 0 spiro atoms. The van der Waals surface area contributed by atoms with Gasteiger partial charge in [0.1, 0.15) is 0 Å². The predicted molar refractivity (Wildman–Crippen MR) is 86.8 cm³/mol. The van der Waals surface area contributed by atoms with Gasteiger partial charge in [0.2, 0.25) is 6.43 Å². The first kappa shape index (κ1) is 17.1. The Hall–Kier alpha value is -1.69. The number of carbonyl (C=O) groups excluding carboxylic acids is 1. The third-order valence-electron chi connectivity index (χ3n) is 5.18. The molecule has 1 aliphatic heterocycles. The van der Waals surface area contributed by atoms with Crippen molar-refractivity contribution in [3.8, 4) is 0 Å². The minimum Gasteiger partial charge on any atom is -0.391 e. The van der Waals surface area contributed by atoms with E-state index in [9.17, 15) is 18.7 Å². The number of likely N-dealkylation sites (tertiary alicyclic amines) is 1. The maximum Gasteiger partial charge on any atom is 0.318 e. The van der Waals surface area contributed by atoms with Crippen LogP contribution < -0.4 is 5.32 Å². The highest BCUT2D eigenvalue weighted by atomic mass is 19.3. The summed E-state index contributed by atoms with van der Waals surface area (Å²) < 4.78 is 25.4. The molecule has 1 aromatic rings. The molecule has 6 heteroatoms. The number of rotatable bonds is 3. The minimum absolute atomic E-state index is 0.0540. The average molecular weight is 338 g/mol. The number of β-amino-alcohol motifs (C(OH)–C–C–N with tert-alkyl or cyclic N) is 1. The third kappa shape index (κ3) is 3.86. The lowest BCUT2D eigenvalue weighted by molar-refractivity contribution is 0.0509. The number of aliphatic hydroxyl groups excluding tert-OH is 1. The molecule has 2 amide bonds. The van der Waals surface area contributed by atoms with E-state index in [-0.39, 0.29) is 18.1 Å². The fourth-order valence-electron chi connectivity index (χ4n) is 3.80. The van der Waals surface area contributed by atoms with Crippen molar-refractivity contribution in [1.82, 2.24) is 10.2 Å². The highest BCUT2D eigenvalue weighted by Gasteiger charge is 2.36. The summed E-state index contributed by atoms with van der Waals surface area (Å²) in [5, 5.41) is 12.9. The standard InChI is InChI=1S/C18H24F2N2O2/c19-17(20)13-6-8-14(9-7-13)21-18(24)22-11-15(23)10-16(22)12-4-2-1-3-5-12/h1-5,13-17,23H,6-11H2,(H,21,24). The predicted octanol–water partition coefficient (Wildman–Crippen LogP) is 3.33. The van der Waals surface area contributed by atoms with E-state index < -0.39 is 18.4 Å². The molecule has 0 radical (unpaired) electrons. The molecule has 0 aromatic heterocycles. The normalized spacial score (nSPS) is 30.6. The molecule has 132 valence electrons. The number of amides is 2. The van der Waals surface area contributed by atoms with E-state index in [0.29, 0.717) is 38.6 Å². The number of nitrogens with one attached hydrogen (secondary N) is 1. The van der Waals surface area contributed by atoms with Crippen molar-refractivity contribution in [3.63, 3.8) is 0 Å². The van der Waals surface area contributed by atoms with Crippen LogP contribution in [0.25, 0.3) is 0 Å². The molecule has 2 N–H and O–H groups in total. The van der Waals surface area contributed by atoms with Crippen molar-refractivity contribution in [2.45, 2.75) is 56.7 Å². The van der Waals surface area contributed by atoms with Crippen molar-refractivity contribution in [3.05, 3.63) is 35.9 Å². The Morgan fingerprint density at radius 2 is 1.83 bits per heavy atom. The van der Waals surface area contributed by atoms with Gasteiger partial charge in [-0.15, -0.1) is 0 Å². The first-order valence-corrected chi connectivity index (χ1v) is 8.63. The monoisotopic (exact) mass is 338 g/mol. The van der Waals surface area contributed by atoms with E-state index in [2.05, 4.69) is 5.32 Å². The zero-order valence-corrected chi connectivity index (χ0v) is 13.6. The molecule has 2 fully saturated rings. The lowest BCUT2D eigenvalue weighted by atomic mass is 9.86. The van der Waals surface area contributed by atoms with Gasteiger partial charge in [-0.1, -0.05) is 30.3 Å². The lowest BCUT2D eigenvalue weighted by Gasteiger charge is -2.32. The number of benzene rings is 1. The second kappa shape index (κ2) is 7.47. The summed E-state index contributed by atoms with van der Waals surface area (Å²) in [6.45, 7) is 0.303. The number of hydrogen-bond acceptors (Lipinski definition) is 2. The fraction of sp³-hybridized carbons (Fsp3) is 0.611. The van der Waals surface area contributed by atoms with Crippen LogP contribution in [0.5, 0.6) is 0 Å². The summed E-state index contributed by atoms with van der Waals surface area (Å²) in [5.74, 6) is -0.538. The molecule has 4 nitrogen and oxygen atoms in total. The molecule has 2 aliphatic rings. The van der Waals surface area contributed by atoms with Crippen LogP contribution >= 0.6 is 0 Å². The Morgan fingerprint density at radius 1 is 1.17 bits per heavy atom. The Kier molecular flexibility index (Phi) is 5.33. The smallest absolute Gasteiger partial charge is 0.318 e. The van der Waals surface area contributed by atoms with Gasteiger partial charge in [0.05, 0.1) is 12.1 Å². The third-order valence-corrected chi connectivity index (χ3v) is 5.18. The van der Waals surface area contributed by atoms with Gasteiger partial charge in [0, 0.05) is 18.5 Å². The Bertz CT molecular complexity index is 547. The maximum atomic E-state index is 12.7.